The van der Waals surface area contributed by atoms with Crippen LogP contribution < -0.4 is 19.9 Å². The van der Waals surface area contributed by atoms with Crippen molar-refractivity contribution in [2.24, 2.45) is 5.92 Å². The average Bonchev–Trinajstić information content (AvgIpc) is 3.12. The van der Waals surface area contributed by atoms with E-state index < -0.39 is 0 Å². The molecule has 2 aromatic carbocycles. The molecule has 1 aliphatic rings. The van der Waals surface area contributed by atoms with Gasteiger partial charge in [-0.05, 0) is 56.7 Å². The summed E-state index contributed by atoms with van der Waals surface area (Å²) in [6, 6.07) is 13.4. The van der Waals surface area contributed by atoms with Crippen LogP contribution in [0.3, 0.4) is 0 Å². The van der Waals surface area contributed by atoms with Gasteiger partial charge in [-0.2, -0.15) is 0 Å². The Morgan fingerprint density at radius 1 is 1.21 bits per heavy atom. The predicted molar refractivity (Wildman–Crippen MR) is 117 cm³/mol. The van der Waals surface area contributed by atoms with Crippen LogP contribution in [0.15, 0.2) is 42.5 Å². The maximum Gasteiger partial charge on any atom is 0.229 e. The fraction of sp³-hybridized carbons (Fsp3) is 0.391. The molecule has 2 amide bonds. The van der Waals surface area contributed by atoms with Crippen LogP contribution in [0.1, 0.15) is 25.8 Å². The molecule has 0 spiro atoms. The highest BCUT2D eigenvalue weighted by atomic mass is 16.5. The van der Waals surface area contributed by atoms with Gasteiger partial charge in [0.25, 0.3) is 0 Å². The molecule has 1 fully saturated rings. The van der Waals surface area contributed by atoms with Crippen molar-refractivity contribution >= 4 is 28.9 Å². The fourth-order valence-electron chi connectivity index (χ4n) is 3.72. The lowest BCUT2D eigenvalue weighted by atomic mass is 10.1. The first-order valence-electron chi connectivity index (χ1n) is 10.1. The van der Waals surface area contributed by atoms with Crippen molar-refractivity contribution in [2.45, 2.75) is 27.2 Å². The Morgan fingerprint density at radius 3 is 2.62 bits per heavy atom. The summed E-state index contributed by atoms with van der Waals surface area (Å²) < 4.78 is 5.24. The number of hydrogen-bond donors (Lipinski definition) is 1. The van der Waals surface area contributed by atoms with Crippen LogP contribution in [0.2, 0.25) is 0 Å². The zero-order valence-electron chi connectivity index (χ0n) is 17.6. The van der Waals surface area contributed by atoms with Gasteiger partial charge < -0.3 is 19.9 Å². The first-order valence-corrected chi connectivity index (χ1v) is 10.1. The molecule has 1 aliphatic heterocycles. The van der Waals surface area contributed by atoms with Crippen LogP contribution in [0.4, 0.5) is 17.1 Å². The monoisotopic (exact) mass is 395 g/mol. The van der Waals surface area contributed by atoms with Gasteiger partial charge in [0.15, 0.2) is 0 Å². The van der Waals surface area contributed by atoms with E-state index in [-0.39, 0.29) is 24.2 Å². The summed E-state index contributed by atoms with van der Waals surface area (Å²) in [5.74, 6) is 0.136. The van der Waals surface area contributed by atoms with Gasteiger partial charge in [-0.15, -0.1) is 0 Å². The van der Waals surface area contributed by atoms with Gasteiger partial charge in [0.1, 0.15) is 5.75 Å². The minimum Gasteiger partial charge on any atom is -0.497 e. The van der Waals surface area contributed by atoms with E-state index in [4.69, 9.17) is 4.74 Å². The Morgan fingerprint density at radius 2 is 1.97 bits per heavy atom. The number of ether oxygens (including phenoxy) is 1. The van der Waals surface area contributed by atoms with E-state index in [2.05, 4.69) is 30.1 Å². The van der Waals surface area contributed by atoms with E-state index in [1.807, 2.05) is 43.3 Å². The van der Waals surface area contributed by atoms with E-state index in [9.17, 15) is 9.59 Å². The van der Waals surface area contributed by atoms with E-state index in [0.29, 0.717) is 12.3 Å². The summed E-state index contributed by atoms with van der Waals surface area (Å²) in [4.78, 5) is 29.2. The first-order chi connectivity index (χ1) is 14.0. The molecular formula is C23H29N3O3. The highest BCUT2D eigenvalue weighted by molar-refractivity contribution is 6.03. The van der Waals surface area contributed by atoms with Crippen LogP contribution in [0.25, 0.3) is 0 Å². The lowest BCUT2D eigenvalue weighted by molar-refractivity contribution is -0.122. The van der Waals surface area contributed by atoms with Crippen molar-refractivity contribution in [1.82, 2.24) is 0 Å². The number of nitrogens with one attached hydrogen (secondary N) is 1. The molecule has 0 bridgehead atoms. The third-order valence-corrected chi connectivity index (χ3v) is 5.46. The number of carbonyl (C=O) groups excluding carboxylic acids is 2. The predicted octanol–water partition coefficient (Wildman–Crippen LogP) is 3.84. The molecule has 6 nitrogen and oxygen atoms in total. The maximum atomic E-state index is 12.8. The molecule has 3 rings (SSSR count). The summed E-state index contributed by atoms with van der Waals surface area (Å²) in [5.41, 5.74) is 3.70. The lowest BCUT2D eigenvalue weighted by Gasteiger charge is -2.22. The Labute approximate surface area is 172 Å². The molecule has 0 aromatic heterocycles. The molecule has 1 saturated heterocycles. The minimum atomic E-state index is -0.379. The van der Waals surface area contributed by atoms with Crippen molar-refractivity contribution in [1.29, 1.82) is 0 Å². The molecule has 1 unspecified atom stereocenters. The average molecular weight is 396 g/mol. The van der Waals surface area contributed by atoms with Crippen LogP contribution in [-0.4, -0.2) is 38.6 Å². The van der Waals surface area contributed by atoms with Crippen molar-refractivity contribution < 1.29 is 14.3 Å². The summed E-state index contributed by atoms with van der Waals surface area (Å²) >= 11 is 0. The number of hydrogen-bond acceptors (Lipinski definition) is 4. The van der Waals surface area contributed by atoms with E-state index in [1.54, 1.807) is 12.0 Å². The van der Waals surface area contributed by atoms with Gasteiger partial charge in [-0.3, -0.25) is 9.59 Å². The van der Waals surface area contributed by atoms with Crippen molar-refractivity contribution in [2.75, 3.05) is 41.9 Å². The number of carbonyl (C=O) groups is 2. The Bertz CT molecular complexity index is 893. The molecule has 29 heavy (non-hydrogen) atoms. The molecule has 1 atom stereocenters. The second-order valence-corrected chi connectivity index (χ2v) is 7.27. The Kier molecular flexibility index (Phi) is 6.42. The number of amides is 2. The zero-order chi connectivity index (χ0) is 21.0. The van der Waals surface area contributed by atoms with Gasteiger partial charge >= 0.3 is 0 Å². The standard InChI is InChI=1S/C23H29N3O3/c1-5-25(6-2)18-10-11-21(16(3)12-18)24-23(28)17-13-22(27)26(15-17)19-8-7-9-20(14-19)29-4/h7-12,14,17H,5-6,13,15H2,1-4H3,(H,24,28). The Balaban J connectivity index is 1.69. The van der Waals surface area contributed by atoms with Crippen molar-refractivity contribution in [3.05, 3.63) is 48.0 Å². The molecular weight excluding hydrogens is 366 g/mol. The SMILES string of the molecule is CCN(CC)c1ccc(NC(=O)C2CC(=O)N(c3cccc(OC)c3)C2)c(C)c1. The molecule has 0 saturated carbocycles. The number of anilines is 3. The molecule has 0 aliphatic carbocycles. The number of nitrogens with zero attached hydrogens (tertiary/aromatic N) is 2. The molecule has 1 heterocycles. The van der Waals surface area contributed by atoms with E-state index in [0.717, 1.165) is 35.7 Å². The summed E-state index contributed by atoms with van der Waals surface area (Å²) in [6.45, 7) is 8.48. The number of methoxy groups -OCH3 is 1. The van der Waals surface area contributed by atoms with Gasteiger partial charge in [-0.1, -0.05) is 6.07 Å². The van der Waals surface area contributed by atoms with Gasteiger partial charge in [-0.25, -0.2) is 0 Å². The quantitative estimate of drug-likeness (QED) is 0.774. The van der Waals surface area contributed by atoms with E-state index in [1.165, 1.54) is 0 Å². The highest BCUT2D eigenvalue weighted by Gasteiger charge is 2.35. The second-order valence-electron chi connectivity index (χ2n) is 7.27. The third-order valence-electron chi connectivity index (χ3n) is 5.46. The second kappa shape index (κ2) is 8.99. The van der Waals surface area contributed by atoms with Crippen LogP contribution in [-0.2, 0) is 9.59 Å². The molecule has 1 N–H and O–H groups in total. The third kappa shape index (κ3) is 4.53. The number of benzene rings is 2. The van der Waals surface area contributed by atoms with Gasteiger partial charge in [0, 0.05) is 49.2 Å². The zero-order valence-corrected chi connectivity index (χ0v) is 17.6. The fourth-order valence-corrected chi connectivity index (χ4v) is 3.72. The van der Waals surface area contributed by atoms with Crippen molar-refractivity contribution in [3.8, 4) is 5.75 Å². The normalized spacial score (nSPS) is 16.1. The van der Waals surface area contributed by atoms with Gasteiger partial charge in [0.05, 0.1) is 13.0 Å². The molecule has 0 radical (unpaired) electrons. The summed E-state index contributed by atoms with van der Waals surface area (Å²) in [6.07, 6.45) is 0.208. The van der Waals surface area contributed by atoms with Gasteiger partial charge in [0.2, 0.25) is 11.8 Å². The van der Waals surface area contributed by atoms with Crippen LogP contribution >= 0.6 is 0 Å². The maximum absolute atomic E-state index is 12.8. The topological polar surface area (TPSA) is 61.9 Å². The minimum absolute atomic E-state index is 0.0491. The number of aryl methyl sites for hydroxylation is 1. The highest BCUT2D eigenvalue weighted by Crippen LogP contribution is 2.29. The van der Waals surface area contributed by atoms with Crippen LogP contribution in [0, 0.1) is 12.8 Å². The smallest absolute Gasteiger partial charge is 0.229 e. The van der Waals surface area contributed by atoms with E-state index >= 15 is 0 Å². The first kappa shape index (κ1) is 20.7. The lowest BCUT2D eigenvalue weighted by Crippen LogP contribution is -2.28. The van der Waals surface area contributed by atoms with Crippen molar-refractivity contribution in [3.63, 3.8) is 0 Å². The Hall–Kier alpha value is -3.02. The number of rotatable bonds is 7. The summed E-state index contributed by atoms with van der Waals surface area (Å²) in [5, 5.41) is 3.01. The molecule has 6 heteroatoms. The molecule has 2 aromatic rings. The molecule has 154 valence electrons. The largest absolute Gasteiger partial charge is 0.497 e. The summed E-state index contributed by atoms with van der Waals surface area (Å²) in [7, 11) is 1.59. The van der Waals surface area contributed by atoms with Crippen LogP contribution in [0.5, 0.6) is 5.75 Å².